The summed E-state index contributed by atoms with van der Waals surface area (Å²) in [5.74, 6) is 0.301. The lowest BCUT2D eigenvalue weighted by Crippen LogP contribution is -2.47. The van der Waals surface area contributed by atoms with Crippen molar-refractivity contribution in [2.75, 3.05) is 32.9 Å². The second-order valence-electron chi connectivity index (χ2n) is 9.16. The maximum atomic E-state index is 12.0. The Labute approximate surface area is 183 Å². The molecule has 0 spiro atoms. The second-order valence-corrected chi connectivity index (χ2v) is 9.16. The molecule has 0 radical (unpaired) electrons. The van der Waals surface area contributed by atoms with Gasteiger partial charge >= 0.3 is 6.09 Å². The SMILES string of the molecule is CCOCC12CCCN1[C@@H](COC(=O)NCCCCCCCCCCC(C)=O)CC2. The number of nitrogens with one attached hydrogen (secondary N) is 1. The molecule has 0 aromatic heterocycles. The highest BCUT2D eigenvalue weighted by Crippen LogP contribution is 2.42. The van der Waals surface area contributed by atoms with Crippen molar-refractivity contribution in [3.8, 4) is 0 Å². The average Bonchev–Trinajstić information content (AvgIpc) is 3.28. The highest BCUT2D eigenvalue weighted by molar-refractivity contribution is 5.75. The van der Waals surface area contributed by atoms with Gasteiger partial charge < -0.3 is 19.6 Å². The summed E-state index contributed by atoms with van der Waals surface area (Å²) >= 11 is 0. The summed E-state index contributed by atoms with van der Waals surface area (Å²) in [4.78, 5) is 25.4. The van der Waals surface area contributed by atoms with Gasteiger partial charge in [-0.2, -0.15) is 0 Å². The van der Waals surface area contributed by atoms with E-state index in [2.05, 4.69) is 17.1 Å². The Morgan fingerprint density at radius 1 is 1.03 bits per heavy atom. The average molecular weight is 425 g/mol. The van der Waals surface area contributed by atoms with E-state index >= 15 is 0 Å². The second kappa shape index (κ2) is 14.0. The maximum absolute atomic E-state index is 12.0. The molecule has 2 aliphatic rings. The van der Waals surface area contributed by atoms with Gasteiger partial charge in [0, 0.05) is 31.2 Å². The van der Waals surface area contributed by atoms with Gasteiger partial charge in [0.25, 0.3) is 0 Å². The number of hydrogen-bond donors (Lipinski definition) is 1. The third kappa shape index (κ3) is 8.54. The lowest BCUT2D eigenvalue weighted by molar-refractivity contribution is -0.117. The van der Waals surface area contributed by atoms with E-state index < -0.39 is 0 Å². The third-order valence-corrected chi connectivity index (χ3v) is 6.74. The number of rotatable bonds is 16. The Morgan fingerprint density at radius 3 is 2.43 bits per heavy atom. The fourth-order valence-electron chi connectivity index (χ4n) is 5.05. The molecule has 2 saturated heterocycles. The van der Waals surface area contributed by atoms with E-state index in [1.165, 1.54) is 38.5 Å². The van der Waals surface area contributed by atoms with Crippen molar-refractivity contribution >= 4 is 11.9 Å². The summed E-state index contributed by atoms with van der Waals surface area (Å²) in [6.45, 7) is 7.57. The van der Waals surface area contributed by atoms with Crippen LogP contribution in [-0.4, -0.2) is 61.3 Å². The van der Waals surface area contributed by atoms with Crippen LogP contribution >= 0.6 is 0 Å². The van der Waals surface area contributed by atoms with Crippen LogP contribution in [0.4, 0.5) is 4.79 Å². The number of ether oxygens (including phenoxy) is 2. The van der Waals surface area contributed by atoms with E-state index in [1.807, 2.05) is 0 Å². The Bertz CT molecular complexity index is 513. The molecule has 6 nitrogen and oxygen atoms in total. The molecule has 0 aliphatic carbocycles. The molecular formula is C24H44N2O4. The van der Waals surface area contributed by atoms with E-state index in [4.69, 9.17) is 9.47 Å². The first-order valence-electron chi connectivity index (χ1n) is 12.3. The molecule has 1 N–H and O–H groups in total. The van der Waals surface area contributed by atoms with Crippen LogP contribution < -0.4 is 5.32 Å². The Balaban J connectivity index is 1.45. The van der Waals surface area contributed by atoms with Crippen LogP contribution in [-0.2, 0) is 14.3 Å². The minimum absolute atomic E-state index is 0.188. The molecule has 2 rings (SSSR count). The first-order valence-corrected chi connectivity index (χ1v) is 12.3. The van der Waals surface area contributed by atoms with Crippen LogP contribution in [0.3, 0.4) is 0 Å². The van der Waals surface area contributed by atoms with E-state index in [9.17, 15) is 9.59 Å². The van der Waals surface area contributed by atoms with Crippen molar-refractivity contribution in [1.29, 1.82) is 0 Å². The zero-order valence-corrected chi connectivity index (χ0v) is 19.4. The van der Waals surface area contributed by atoms with Crippen LogP contribution in [0, 0.1) is 0 Å². The lowest BCUT2D eigenvalue weighted by Gasteiger charge is -2.34. The standard InChI is InChI=1S/C24H44N2O4/c1-3-29-20-24-15-12-18-26(24)22(14-16-24)19-30-23(28)25-17-11-9-7-5-4-6-8-10-13-21(2)27/h22H,3-20H2,1-2H3,(H,25,28)/t22-,24?/m1/s1. The molecule has 2 fully saturated rings. The molecule has 174 valence electrons. The van der Waals surface area contributed by atoms with Crippen molar-refractivity contribution in [2.24, 2.45) is 0 Å². The van der Waals surface area contributed by atoms with E-state index in [1.54, 1.807) is 6.92 Å². The van der Waals surface area contributed by atoms with E-state index in [0.717, 1.165) is 64.7 Å². The monoisotopic (exact) mass is 424 g/mol. The summed E-state index contributed by atoms with van der Waals surface area (Å²) in [7, 11) is 0. The van der Waals surface area contributed by atoms with E-state index in [0.29, 0.717) is 25.0 Å². The van der Waals surface area contributed by atoms with Gasteiger partial charge in [0.2, 0.25) is 0 Å². The van der Waals surface area contributed by atoms with Gasteiger partial charge in [0.1, 0.15) is 12.4 Å². The Hall–Kier alpha value is -1.14. The quantitative estimate of drug-likeness (QED) is 0.359. The number of Topliss-reactive ketones (excluding diaryl/α,β-unsaturated/α-hetero) is 1. The van der Waals surface area contributed by atoms with Gasteiger partial charge in [-0.3, -0.25) is 4.90 Å². The maximum Gasteiger partial charge on any atom is 0.407 e. The summed E-state index contributed by atoms with van der Waals surface area (Å²) in [6, 6.07) is 0.342. The number of ketones is 1. The molecule has 2 heterocycles. The van der Waals surface area contributed by atoms with Crippen LogP contribution in [0.25, 0.3) is 0 Å². The van der Waals surface area contributed by atoms with Crippen molar-refractivity contribution < 1.29 is 19.1 Å². The molecule has 0 saturated carbocycles. The molecule has 0 aromatic rings. The molecule has 30 heavy (non-hydrogen) atoms. The van der Waals surface area contributed by atoms with Gasteiger partial charge in [-0.1, -0.05) is 38.5 Å². The summed E-state index contributed by atoms with van der Waals surface area (Å²) in [5, 5.41) is 2.90. The number of nitrogens with zero attached hydrogens (tertiary/aromatic N) is 1. The number of hydrogen-bond acceptors (Lipinski definition) is 5. The van der Waals surface area contributed by atoms with Crippen LogP contribution in [0.5, 0.6) is 0 Å². The number of carbonyl (C=O) groups excluding carboxylic acids is 2. The zero-order chi connectivity index (χ0) is 21.7. The van der Waals surface area contributed by atoms with Gasteiger partial charge in [-0.25, -0.2) is 4.79 Å². The predicted molar refractivity (Wildman–Crippen MR) is 120 cm³/mol. The highest BCUT2D eigenvalue weighted by Gasteiger charge is 2.49. The number of unbranched alkanes of at least 4 members (excludes halogenated alkanes) is 7. The smallest absolute Gasteiger partial charge is 0.407 e. The zero-order valence-electron chi connectivity index (χ0n) is 19.4. The number of alkyl carbamates (subject to hydrolysis) is 1. The lowest BCUT2D eigenvalue weighted by atomic mass is 9.95. The molecule has 1 amide bonds. The topological polar surface area (TPSA) is 67.9 Å². The number of fused-ring (bicyclic) bond motifs is 1. The number of carbonyl (C=O) groups is 2. The molecular weight excluding hydrogens is 380 g/mol. The van der Waals surface area contributed by atoms with Crippen LogP contribution in [0.15, 0.2) is 0 Å². The molecule has 0 bridgehead atoms. The normalized spacial score (nSPS) is 23.5. The molecule has 6 heteroatoms. The van der Waals surface area contributed by atoms with Gasteiger partial charge in [0.05, 0.1) is 6.61 Å². The van der Waals surface area contributed by atoms with Crippen molar-refractivity contribution in [1.82, 2.24) is 10.2 Å². The van der Waals surface area contributed by atoms with Crippen molar-refractivity contribution in [3.63, 3.8) is 0 Å². The largest absolute Gasteiger partial charge is 0.448 e. The van der Waals surface area contributed by atoms with Gasteiger partial charge in [0.15, 0.2) is 0 Å². The van der Waals surface area contributed by atoms with Crippen LogP contribution in [0.2, 0.25) is 0 Å². The minimum atomic E-state index is -0.276. The molecule has 2 aliphatic heterocycles. The fraction of sp³-hybridized carbons (Fsp3) is 0.917. The third-order valence-electron chi connectivity index (χ3n) is 6.74. The molecule has 0 aromatic carbocycles. The first kappa shape index (κ1) is 25.1. The fourth-order valence-corrected chi connectivity index (χ4v) is 5.05. The summed E-state index contributed by atoms with van der Waals surface area (Å²) in [6.07, 6.45) is 14.4. The van der Waals surface area contributed by atoms with Crippen molar-refractivity contribution in [3.05, 3.63) is 0 Å². The van der Waals surface area contributed by atoms with Gasteiger partial charge in [-0.05, 0) is 58.9 Å². The van der Waals surface area contributed by atoms with Crippen LogP contribution in [0.1, 0.15) is 97.3 Å². The Kier molecular flexibility index (Phi) is 11.7. The molecule has 1 unspecified atom stereocenters. The van der Waals surface area contributed by atoms with Gasteiger partial charge in [-0.15, -0.1) is 0 Å². The van der Waals surface area contributed by atoms with Crippen molar-refractivity contribution in [2.45, 2.75) is 109 Å². The highest BCUT2D eigenvalue weighted by atomic mass is 16.5. The predicted octanol–water partition coefficient (Wildman–Crippen LogP) is 4.85. The summed E-state index contributed by atoms with van der Waals surface area (Å²) in [5.41, 5.74) is 0.188. The Morgan fingerprint density at radius 2 is 1.73 bits per heavy atom. The first-order chi connectivity index (χ1) is 14.6. The van der Waals surface area contributed by atoms with E-state index in [-0.39, 0.29) is 11.6 Å². The number of amides is 1. The minimum Gasteiger partial charge on any atom is -0.448 e. The molecule has 2 atom stereocenters. The summed E-state index contributed by atoms with van der Waals surface area (Å²) < 4.78 is 11.3.